The number of nitrogens with one attached hydrogen (secondary N) is 1. The number of hydrogen-bond donors (Lipinski definition) is 2. The van der Waals surface area contributed by atoms with E-state index in [1.54, 1.807) is 0 Å². The number of aliphatic hydroxyl groups excluding tert-OH is 1. The zero-order valence-electron chi connectivity index (χ0n) is 10.1. The second-order valence-corrected chi connectivity index (χ2v) is 5.91. The summed E-state index contributed by atoms with van der Waals surface area (Å²) in [7, 11) is -3.44. The molecule has 1 aromatic rings. The molecule has 1 aromatic carbocycles. The van der Waals surface area contributed by atoms with Gasteiger partial charge in [-0.1, -0.05) is 11.8 Å². The molecule has 0 radical (unpaired) electrons. The maximum Gasteiger partial charge on any atom is 0.239 e. The first-order valence-corrected chi connectivity index (χ1v) is 7.25. The van der Waals surface area contributed by atoms with Crippen molar-refractivity contribution >= 4 is 21.4 Å². The Labute approximate surface area is 110 Å². The van der Waals surface area contributed by atoms with Crippen molar-refractivity contribution in [3.8, 4) is 11.8 Å². The number of carbonyl (C=O) groups is 1. The number of benzene rings is 1. The van der Waals surface area contributed by atoms with E-state index in [2.05, 4.69) is 17.2 Å². The molecule has 0 aromatic heterocycles. The lowest BCUT2D eigenvalue weighted by Crippen LogP contribution is -2.22. The van der Waals surface area contributed by atoms with E-state index in [4.69, 9.17) is 5.11 Å². The Hall–Kier alpha value is -1.91. The molecule has 7 heteroatoms. The molecule has 2 N–H and O–H groups in total. The van der Waals surface area contributed by atoms with Crippen LogP contribution in [0.4, 0.5) is 10.1 Å². The smallest absolute Gasteiger partial charge is 0.239 e. The molecule has 0 heterocycles. The van der Waals surface area contributed by atoms with Crippen molar-refractivity contribution in [1.29, 1.82) is 0 Å². The fourth-order valence-electron chi connectivity index (χ4n) is 1.29. The van der Waals surface area contributed by atoms with E-state index in [0.717, 1.165) is 18.4 Å². The lowest BCUT2D eigenvalue weighted by atomic mass is 10.1. The van der Waals surface area contributed by atoms with Gasteiger partial charge in [0.2, 0.25) is 5.91 Å². The standard InChI is InChI=1S/C12H12FNO4S/c1-19(17,18)8-12(16)14-11-5-4-10(13)7-9(11)3-2-6-15/h4-5,7,15H,6,8H2,1H3,(H,14,16). The maximum absolute atomic E-state index is 13.0. The Morgan fingerprint density at radius 2 is 2.16 bits per heavy atom. The summed E-state index contributed by atoms with van der Waals surface area (Å²) in [6, 6.07) is 3.47. The van der Waals surface area contributed by atoms with Crippen LogP contribution in [0, 0.1) is 17.7 Å². The van der Waals surface area contributed by atoms with Crippen molar-refractivity contribution in [2.45, 2.75) is 0 Å². The van der Waals surface area contributed by atoms with Crippen molar-refractivity contribution in [2.24, 2.45) is 0 Å². The summed E-state index contributed by atoms with van der Waals surface area (Å²) in [6.07, 6.45) is 0.934. The predicted molar refractivity (Wildman–Crippen MR) is 68.7 cm³/mol. The van der Waals surface area contributed by atoms with Gasteiger partial charge in [0.05, 0.1) is 11.3 Å². The highest BCUT2D eigenvalue weighted by Gasteiger charge is 2.12. The molecule has 1 amide bonds. The van der Waals surface area contributed by atoms with Crippen molar-refractivity contribution in [3.63, 3.8) is 0 Å². The van der Waals surface area contributed by atoms with Gasteiger partial charge in [0.25, 0.3) is 0 Å². The Kier molecular flexibility index (Phi) is 5.03. The first-order valence-electron chi connectivity index (χ1n) is 5.18. The van der Waals surface area contributed by atoms with Crippen LogP contribution in [0.3, 0.4) is 0 Å². The SMILES string of the molecule is CS(=O)(=O)CC(=O)Nc1ccc(F)cc1C#CCO. The highest BCUT2D eigenvalue weighted by Crippen LogP contribution is 2.16. The van der Waals surface area contributed by atoms with Crippen molar-refractivity contribution in [1.82, 2.24) is 0 Å². The van der Waals surface area contributed by atoms with Crippen LogP contribution in [0.2, 0.25) is 0 Å². The molecule has 0 aliphatic heterocycles. The van der Waals surface area contributed by atoms with E-state index in [9.17, 15) is 17.6 Å². The van der Waals surface area contributed by atoms with Gasteiger partial charge in [-0.25, -0.2) is 12.8 Å². The Morgan fingerprint density at radius 1 is 1.47 bits per heavy atom. The molecule has 0 atom stereocenters. The largest absolute Gasteiger partial charge is 0.384 e. The molecular formula is C12H12FNO4S. The Bertz CT molecular complexity index is 643. The van der Waals surface area contributed by atoms with Gasteiger partial charge in [-0.15, -0.1) is 0 Å². The molecule has 0 saturated heterocycles. The average Bonchev–Trinajstić information content (AvgIpc) is 2.27. The van der Waals surface area contributed by atoms with Crippen LogP contribution in [0.5, 0.6) is 0 Å². The maximum atomic E-state index is 13.0. The number of amides is 1. The minimum absolute atomic E-state index is 0.163. The molecule has 0 bridgehead atoms. The second-order valence-electron chi connectivity index (χ2n) is 3.77. The molecule has 102 valence electrons. The van der Waals surface area contributed by atoms with Crippen LogP contribution in [-0.2, 0) is 14.6 Å². The highest BCUT2D eigenvalue weighted by atomic mass is 32.2. The van der Waals surface area contributed by atoms with Crippen LogP contribution in [-0.4, -0.2) is 38.0 Å². The third kappa shape index (κ3) is 5.50. The quantitative estimate of drug-likeness (QED) is 0.775. The second kappa shape index (κ2) is 6.31. The molecule has 0 unspecified atom stereocenters. The van der Waals surface area contributed by atoms with Crippen LogP contribution < -0.4 is 5.32 Å². The minimum Gasteiger partial charge on any atom is -0.384 e. The fourth-order valence-corrected chi connectivity index (χ4v) is 1.84. The number of hydrogen-bond acceptors (Lipinski definition) is 4. The lowest BCUT2D eigenvalue weighted by molar-refractivity contribution is -0.113. The van der Waals surface area contributed by atoms with Gasteiger partial charge in [-0.3, -0.25) is 4.79 Å². The number of rotatable bonds is 3. The number of halogens is 1. The summed E-state index contributed by atoms with van der Waals surface area (Å²) in [6.45, 7) is -0.409. The number of carbonyl (C=O) groups excluding carboxylic acids is 1. The predicted octanol–water partition coefficient (Wildman–Crippen LogP) is 0.153. The van der Waals surface area contributed by atoms with E-state index in [1.165, 1.54) is 6.07 Å². The number of anilines is 1. The van der Waals surface area contributed by atoms with Crippen LogP contribution in [0.25, 0.3) is 0 Å². The van der Waals surface area contributed by atoms with E-state index < -0.39 is 33.9 Å². The average molecular weight is 285 g/mol. The molecule has 1 rings (SSSR count). The van der Waals surface area contributed by atoms with Gasteiger partial charge in [-0.2, -0.15) is 0 Å². The Morgan fingerprint density at radius 3 is 2.74 bits per heavy atom. The molecule has 19 heavy (non-hydrogen) atoms. The third-order valence-corrected chi connectivity index (χ3v) is 2.74. The molecule has 5 nitrogen and oxygen atoms in total. The summed E-state index contributed by atoms with van der Waals surface area (Å²) in [4.78, 5) is 11.5. The normalized spacial score (nSPS) is 10.5. The third-order valence-electron chi connectivity index (χ3n) is 1.95. The fraction of sp³-hybridized carbons (Fsp3) is 0.250. The van der Waals surface area contributed by atoms with Gasteiger partial charge >= 0.3 is 0 Å². The summed E-state index contributed by atoms with van der Waals surface area (Å²) < 4.78 is 35.0. The van der Waals surface area contributed by atoms with Gasteiger partial charge < -0.3 is 10.4 Å². The van der Waals surface area contributed by atoms with Crippen molar-refractivity contribution in [2.75, 3.05) is 23.9 Å². The van der Waals surface area contributed by atoms with Gasteiger partial charge in [0.1, 0.15) is 18.2 Å². The molecule has 0 saturated carbocycles. The number of aliphatic hydroxyl groups is 1. The van der Waals surface area contributed by atoms with Crippen molar-refractivity contribution in [3.05, 3.63) is 29.6 Å². The summed E-state index contributed by atoms with van der Waals surface area (Å²) in [5.74, 6) is 2.83. The van der Waals surface area contributed by atoms with E-state index in [1.807, 2.05) is 0 Å². The topological polar surface area (TPSA) is 83.5 Å². The van der Waals surface area contributed by atoms with Gasteiger partial charge in [-0.05, 0) is 18.2 Å². The van der Waals surface area contributed by atoms with E-state index in [0.29, 0.717) is 0 Å². The van der Waals surface area contributed by atoms with Crippen LogP contribution in [0.1, 0.15) is 5.56 Å². The molecular weight excluding hydrogens is 273 g/mol. The number of sulfone groups is 1. The van der Waals surface area contributed by atoms with E-state index in [-0.39, 0.29) is 11.3 Å². The monoisotopic (exact) mass is 285 g/mol. The minimum atomic E-state index is -3.44. The summed E-state index contributed by atoms with van der Waals surface area (Å²) >= 11 is 0. The lowest BCUT2D eigenvalue weighted by Gasteiger charge is -2.07. The highest BCUT2D eigenvalue weighted by molar-refractivity contribution is 7.91. The molecule has 0 aliphatic rings. The van der Waals surface area contributed by atoms with Gasteiger partial charge in [0.15, 0.2) is 9.84 Å². The van der Waals surface area contributed by atoms with Crippen molar-refractivity contribution < 1.29 is 22.7 Å². The van der Waals surface area contributed by atoms with Crippen LogP contribution in [0.15, 0.2) is 18.2 Å². The summed E-state index contributed by atoms with van der Waals surface area (Å²) in [5.41, 5.74) is 0.354. The van der Waals surface area contributed by atoms with E-state index >= 15 is 0 Å². The first kappa shape index (κ1) is 15.1. The van der Waals surface area contributed by atoms with Gasteiger partial charge in [0, 0.05) is 6.26 Å². The molecule has 0 aliphatic carbocycles. The van der Waals surface area contributed by atoms with Crippen LogP contribution >= 0.6 is 0 Å². The zero-order valence-corrected chi connectivity index (χ0v) is 10.9. The molecule has 0 spiro atoms. The molecule has 0 fully saturated rings. The zero-order chi connectivity index (χ0) is 14.5. The first-order chi connectivity index (χ1) is 8.81. The summed E-state index contributed by atoms with van der Waals surface area (Å²) in [5, 5.41) is 10.9. The Balaban J connectivity index is 2.97.